The molecular weight excluding hydrogens is 316 g/mol. The van der Waals surface area contributed by atoms with Crippen molar-refractivity contribution >= 4 is 5.91 Å². The third-order valence-electron chi connectivity index (χ3n) is 4.67. The highest BCUT2D eigenvalue weighted by Crippen LogP contribution is 2.12. The van der Waals surface area contributed by atoms with E-state index >= 15 is 0 Å². The van der Waals surface area contributed by atoms with Crippen molar-refractivity contribution in [2.45, 2.75) is 12.6 Å². The minimum absolute atomic E-state index is 0.0451. The summed E-state index contributed by atoms with van der Waals surface area (Å²) in [5, 5.41) is 2.70. The number of hydrogen-bond acceptors (Lipinski definition) is 8. The number of carbonyl (C=O) groups excluding carboxylic acids is 1. The van der Waals surface area contributed by atoms with Gasteiger partial charge in [-0.3, -0.25) is 19.5 Å². The molecule has 0 saturated carbocycles. The summed E-state index contributed by atoms with van der Waals surface area (Å²) in [5.74, 6) is 0.0451. The van der Waals surface area contributed by atoms with Crippen molar-refractivity contribution in [2.24, 2.45) is 0 Å². The van der Waals surface area contributed by atoms with Crippen LogP contribution in [0, 0.1) is 0 Å². The molecule has 0 unspecified atom stereocenters. The van der Waals surface area contributed by atoms with Gasteiger partial charge in [0.2, 0.25) is 5.91 Å². The molecule has 24 heavy (non-hydrogen) atoms. The number of rotatable bonds is 6. The van der Waals surface area contributed by atoms with Crippen molar-refractivity contribution < 1.29 is 23.7 Å². The minimum atomic E-state index is -0.120. The van der Waals surface area contributed by atoms with Crippen molar-refractivity contribution in [1.29, 1.82) is 0 Å². The van der Waals surface area contributed by atoms with E-state index in [4.69, 9.17) is 18.9 Å². The molecule has 0 atom stereocenters. The number of likely N-dealkylation sites (N-methyl/N-ethyl adjacent to an activating group) is 1. The van der Waals surface area contributed by atoms with Crippen LogP contribution in [0.2, 0.25) is 0 Å². The van der Waals surface area contributed by atoms with E-state index in [1.807, 2.05) is 0 Å². The van der Waals surface area contributed by atoms with Gasteiger partial charge in [-0.2, -0.15) is 0 Å². The Hall–Kier alpha value is -0.810. The van der Waals surface area contributed by atoms with E-state index in [0.29, 0.717) is 20.1 Å². The fourth-order valence-electron chi connectivity index (χ4n) is 2.95. The van der Waals surface area contributed by atoms with Gasteiger partial charge in [-0.05, 0) is 0 Å². The van der Waals surface area contributed by atoms with E-state index in [1.165, 1.54) is 0 Å². The van der Waals surface area contributed by atoms with Crippen molar-refractivity contribution in [3.63, 3.8) is 0 Å². The third-order valence-corrected chi connectivity index (χ3v) is 4.67. The number of nitrogens with one attached hydrogen (secondary N) is 1. The number of hydrogen-bond donors (Lipinski definition) is 1. The number of amides is 1. The van der Waals surface area contributed by atoms with E-state index in [1.54, 1.807) is 7.05 Å². The van der Waals surface area contributed by atoms with Crippen LogP contribution in [-0.4, -0.2) is 113 Å². The lowest BCUT2D eigenvalue weighted by Crippen LogP contribution is -2.47. The van der Waals surface area contributed by atoms with Gasteiger partial charge >= 0.3 is 0 Å². The Bertz CT molecular complexity index is 377. The van der Waals surface area contributed by atoms with Crippen LogP contribution in [-0.2, 0) is 23.7 Å². The Labute approximate surface area is 142 Å². The molecule has 3 rings (SSSR count). The van der Waals surface area contributed by atoms with E-state index in [9.17, 15) is 4.79 Å². The molecule has 9 heteroatoms. The Kier molecular flexibility index (Phi) is 6.78. The second kappa shape index (κ2) is 9.04. The lowest BCUT2D eigenvalue weighted by atomic mass is 10.4. The van der Waals surface area contributed by atoms with Crippen molar-refractivity contribution in [3.05, 3.63) is 0 Å². The minimum Gasteiger partial charge on any atom is -0.358 e. The molecule has 3 fully saturated rings. The fourth-order valence-corrected chi connectivity index (χ4v) is 2.95. The van der Waals surface area contributed by atoms with Crippen LogP contribution >= 0.6 is 0 Å². The molecule has 3 aliphatic heterocycles. The first-order valence-corrected chi connectivity index (χ1v) is 8.57. The lowest BCUT2D eigenvalue weighted by molar-refractivity contribution is -0.325. The molecule has 0 aliphatic carbocycles. The standard InChI is InChI=1S/C15H28N4O5/c1-16-13(20)8-17-2-4-18(9-14-21-11-22-14)6-7-19(5-3-17)10-15-23-12-24-15/h14-15H,2-12H2,1H3,(H,16,20). The first-order chi connectivity index (χ1) is 11.7. The predicted octanol–water partition coefficient (Wildman–Crippen LogP) is -1.69. The largest absolute Gasteiger partial charge is 0.358 e. The highest BCUT2D eigenvalue weighted by atomic mass is 16.9. The average Bonchev–Trinajstić information content (AvgIpc) is 2.59. The second-order valence-corrected chi connectivity index (χ2v) is 6.31. The number of nitrogens with zero attached hydrogens (tertiary/aromatic N) is 3. The zero-order valence-corrected chi connectivity index (χ0v) is 14.3. The molecule has 0 aromatic rings. The second-order valence-electron chi connectivity index (χ2n) is 6.31. The van der Waals surface area contributed by atoms with E-state index in [-0.39, 0.29) is 18.5 Å². The Morgan fingerprint density at radius 2 is 1.25 bits per heavy atom. The Morgan fingerprint density at radius 3 is 1.58 bits per heavy atom. The third kappa shape index (κ3) is 5.35. The normalized spacial score (nSPS) is 26.0. The van der Waals surface area contributed by atoms with Gasteiger partial charge in [0.15, 0.2) is 26.2 Å². The van der Waals surface area contributed by atoms with Gasteiger partial charge in [-0.25, -0.2) is 0 Å². The maximum absolute atomic E-state index is 11.7. The van der Waals surface area contributed by atoms with Gasteiger partial charge in [0, 0.05) is 59.4 Å². The highest BCUT2D eigenvalue weighted by molar-refractivity contribution is 5.77. The fraction of sp³-hybridized carbons (Fsp3) is 0.933. The van der Waals surface area contributed by atoms with E-state index in [0.717, 1.165) is 52.4 Å². The summed E-state index contributed by atoms with van der Waals surface area (Å²) in [5.41, 5.74) is 0. The summed E-state index contributed by atoms with van der Waals surface area (Å²) in [6.07, 6.45) is -0.241. The average molecular weight is 344 g/mol. The van der Waals surface area contributed by atoms with Gasteiger partial charge in [-0.15, -0.1) is 0 Å². The van der Waals surface area contributed by atoms with Crippen LogP contribution in [0.15, 0.2) is 0 Å². The smallest absolute Gasteiger partial charge is 0.233 e. The SMILES string of the molecule is CNC(=O)CN1CCN(CC2OCO2)CCN(CC2OCO2)CC1. The Balaban J connectivity index is 1.54. The highest BCUT2D eigenvalue weighted by Gasteiger charge is 2.26. The maximum atomic E-state index is 11.7. The summed E-state index contributed by atoms with van der Waals surface area (Å²) in [6.45, 7) is 8.09. The first-order valence-electron chi connectivity index (χ1n) is 8.57. The summed E-state index contributed by atoms with van der Waals surface area (Å²) in [6, 6.07) is 0. The summed E-state index contributed by atoms with van der Waals surface area (Å²) >= 11 is 0. The van der Waals surface area contributed by atoms with Gasteiger partial charge in [0.25, 0.3) is 0 Å². The first kappa shape index (κ1) is 18.0. The topological polar surface area (TPSA) is 75.7 Å². The quantitative estimate of drug-likeness (QED) is 0.612. The molecule has 3 aliphatic rings. The summed E-state index contributed by atoms with van der Waals surface area (Å²) < 4.78 is 21.5. The number of carbonyl (C=O) groups is 1. The molecule has 0 aromatic carbocycles. The molecule has 9 nitrogen and oxygen atoms in total. The monoisotopic (exact) mass is 344 g/mol. The van der Waals surface area contributed by atoms with Crippen LogP contribution in [0.5, 0.6) is 0 Å². The molecule has 0 aromatic heterocycles. The van der Waals surface area contributed by atoms with E-state index in [2.05, 4.69) is 20.0 Å². The molecule has 1 N–H and O–H groups in total. The molecule has 0 bridgehead atoms. The van der Waals surface area contributed by atoms with Crippen LogP contribution in [0.3, 0.4) is 0 Å². The summed E-state index contributed by atoms with van der Waals surface area (Å²) in [4.78, 5) is 18.6. The van der Waals surface area contributed by atoms with Crippen LogP contribution in [0.25, 0.3) is 0 Å². The number of ether oxygens (including phenoxy) is 4. The van der Waals surface area contributed by atoms with Gasteiger partial charge in [-0.1, -0.05) is 0 Å². The molecule has 0 radical (unpaired) electrons. The van der Waals surface area contributed by atoms with Crippen molar-refractivity contribution in [2.75, 3.05) is 79.5 Å². The molecule has 0 spiro atoms. The van der Waals surface area contributed by atoms with Crippen molar-refractivity contribution in [1.82, 2.24) is 20.0 Å². The molecule has 1 amide bonds. The zero-order valence-electron chi connectivity index (χ0n) is 14.3. The van der Waals surface area contributed by atoms with Crippen LogP contribution < -0.4 is 5.32 Å². The maximum Gasteiger partial charge on any atom is 0.233 e. The lowest BCUT2D eigenvalue weighted by Gasteiger charge is -2.34. The predicted molar refractivity (Wildman–Crippen MR) is 85.0 cm³/mol. The Morgan fingerprint density at radius 1 is 0.833 bits per heavy atom. The molecular formula is C15H28N4O5. The van der Waals surface area contributed by atoms with Gasteiger partial charge in [0.1, 0.15) is 0 Å². The summed E-state index contributed by atoms with van der Waals surface area (Å²) in [7, 11) is 1.67. The molecule has 3 saturated heterocycles. The molecule has 3 heterocycles. The zero-order chi connectivity index (χ0) is 16.8. The van der Waals surface area contributed by atoms with Gasteiger partial charge in [0.05, 0.1) is 6.54 Å². The van der Waals surface area contributed by atoms with Crippen molar-refractivity contribution in [3.8, 4) is 0 Å². The van der Waals surface area contributed by atoms with Gasteiger partial charge < -0.3 is 24.3 Å². The van der Waals surface area contributed by atoms with E-state index < -0.39 is 0 Å². The van der Waals surface area contributed by atoms with Crippen LogP contribution in [0.4, 0.5) is 0 Å². The van der Waals surface area contributed by atoms with Crippen LogP contribution in [0.1, 0.15) is 0 Å². The molecule has 138 valence electrons.